The van der Waals surface area contributed by atoms with E-state index < -0.39 is 0 Å². The van der Waals surface area contributed by atoms with E-state index in [0.29, 0.717) is 11.9 Å². The van der Waals surface area contributed by atoms with E-state index in [4.69, 9.17) is 0 Å². The number of rotatable bonds is 2. The lowest BCUT2D eigenvalue weighted by Gasteiger charge is -2.37. The molecular formula is C13H25N3O. The minimum Gasteiger partial charge on any atom is -0.342 e. The van der Waals surface area contributed by atoms with Crippen LogP contribution in [0.15, 0.2) is 0 Å². The molecule has 0 aromatic carbocycles. The molecule has 2 aliphatic heterocycles. The Morgan fingerprint density at radius 1 is 1.24 bits per heavy atom. The molecule has 17 heavy (non-hydrogen) atoms. The van der Waals surface area contributed by atoms with Gasteiger partial charge in [0.2, 0.25) is 5.91 Å². The molecule has 2 rings (SSSR count). The van der Waals surface area contributed by atoms with E-state index in [0.717, 1.165) is 51.9 Å². The maximum absolute atomic E-state index is 12.3. The summed E-state index contributed by atoms with van der Waals surface area (Å²) in [6.07, 6.45) is 4.46. The van der Waals surface area contributed by atoms with Crippen molar-refractivity contribution in [1.82, 2.24) is 15.1 Å². The average molecular weight is 239 g/mol. The van der Waals surface area contributed by atoms with Crippen LogP contribution < -0.4 is 5.32 Å². The van der Waals surface area contributed by atoms with Gasteiger partial charge >= 0.3 is 0 Å². The van der Waals surface area contributed by atoms with Gasteiger partial charge in [-0.05, 0) is 46.3 Å². The van der Waals surface area contributed by atoms with Crippen LogP contribution in [0.4, 0.5) is 0 Å². The Morgan fingerprint density at radius 2 is 1.94 bits per heavy atom. The molecular weight excluding hydrogens is 214 g/mol. The largest absolute Gasteiger partial charge is 0.342 e. The highest BCUT2D eigenvalue weighted by Crippen LogP contribution is 2.19. The molecule has 0 spiro atoms. The molecule has 0 aliphatic carbocycles. The molecule has 4 heteroatoms. The van der Waals surface area contributed by atoms with Crippen LogP contribution in [-0.4, -0.2) is 62.0 Å². The molecule has 2 fully saturated rings. The van der Waals surface area contributed by atoms with Crippen molar-refractivity contribution in [3.8, 4) is 0 Å². The first kappa shape index (κ1) is 12.8. The molecule has 2 heterocycles. The summed E-state index contributed by atoms with van der Waals surface area (Å²) in [7, 11) is 4.26. The van der Waals surface area contributed by atoms with Crippen LogP contribution in [-0.2, 0) is 4.79 Å². The summed E-state index contributed by atoms with van der Waals surface area (Å²) in [6.45, 7) is 3.84. The topological polar surface area (TPSA) is 35.6 Å². The minimum atomic E-state index is 0.236. The number of likely N-dealkylation sites (tertiary alicyclic amines) is 1. The summed E-state index contributed by atoms with van der Waals surface area (Å²) in [5.41, 5.74) is 0. The smallest absolute Gasteiger partial charge is 0.226 e. The average Bonchev–Trinajstić information content (AvgIpc) is 2.39. The van der Waals surface area contributed by atoms with Crippen LogP contribution >= 0.6 is 0 Å². The number of nitrogens with one attached hydrogen (secondary N) is 1. The summed E-state index contributed by atoms with van der Waals surface area (Å²) in [4.78, 5) is 16.7. The normalized spacial score (nSPS) is 27.5. The highest BCUT2D eigenvalue weighted by molar-refractivity contribution is 5.79. The number of hydrogen-bond acceptors (Lipinski definition) is 3. The van der Waals surface area contributed by atoms with Gasteiger partial charge in [0.05, 0.1) is 5.92 Å². The van der Waals surface area contributed by atoms with E-state index in [9.17, 15) is 4.79 Å². The zero-order valence-corrected chi connectivity index (χ0v) is 11.1. The van der Waals surface area contributed by atoms with E-state index in [-0.39, 0.29) is 5.92 Å². The van der Waals surface area contributed by atoms with Crippen molar-refractivity contribution in [3.05, 3.63) is 0 Å². The lowest BCUT2D eigenvalue weighted by molar-refractivity contribution is -0.137. The van der Waals surface area contributed by atoms with Crippen molar-refractivity contribution in [2.45, 2.75) is 31.7 Å². The van der Waals surface area contributed by atoms with Gasteiger partial charge in [-0.25, -0.2) is 0 Å². The molecule has 1 N–H and O–H groups in total. The Kier molecular flexibility index (Phi) is 4.40. The van der Waals surface area contributed by atoms with Crippen LogP contribution in [0.25, 0.3) is 0 Å². The van der Waals surface area contributed by atoms with Crippen LogP contribution in [0.3, 0.4) is 0 Å². The van der Waals surface area contributed by atoms with E-state index in [1.807, 2.05) is 0 Å². The predicted molar refractivity (Wildman–Crippen MR) is 68.9 cm³/mol. The molecule has 1 amide bonds. The van der Waals surface area contributed by atoms with E-state index >= 15 is 0 Å². The molecule has 2 saturated heterocycles. The molecule has 4 nitrogen and oxygen atoms in total. The molecule has 1 unspecified atom stereocenters. The third-order valence-corrected chi connectivity index (χ3v) is 4.15. The number of hydrogen-bond donors (Lipinski definition) is 1. The second-order valence-electron chi connectivity index (χ2n) is 5.56. The number of nitrogens with zero attached hydrogens (tertiary/aromatic N) is 2. The first-order chi connectivity index (χ1) is 8.18. The maximum Gasteiger partial charge on any atom is 0.226 e. The van der Waals surface area contributed by atoms with Gasteiger partial charge in [-0.15, -0.1) is 0 Å². The molecule has 1 atom stereocenters. The summed E-state index contributed by atoms with van der Waals surface area (Å²) < 4.78 is 0. The fourth-order valence-electron chi connectivity index (χ4n) is 2.92. The SMILES string of the molecule is CN(C)C1CCN(C(=O)C2CCCNC2)CC1. The summed E-state index contributed by atoms with van der Waals surface area (Å²) in [6, 6.07) is 0.656. The van der Waals surface area contributed by atoms with Crippen molar-refractivity contribution >= 4 is 5.91 Å². The molecule has 98 valence electrons. The Hall–Kier alpha value is -0.610. The van der Waals surface area contributed by atoms with Crippen molar-refractivity contribution in [1.29, 1.82) is 0 Å². The molecule has 0 aromatic rings. The monoisotopic (exact) mass is 239 g/mol. The Balaban J connectivity index is 1.81. The number of carbonyl (C=O) groups excluding carboxylic acids is 1. The fourth-order valence-corrected chi connectivity index (χ4v) is 2.92. The van der Waals surface area contributed by atoms with Crippen LogP contribution in [0.5, 0.6) is 0 Å². The van der Waals surface area contributed by atoms with Crippen LogP contribution in [0.2, 0.25) is 0 Å². The van der Waals surface area contributed by atoms with Crippen molar-refractivity contribution in [3.63, 3.8) is 0 Å². The first-order valence-corrected chi connectivity index (χ1v) is 6.84. The Bertz CT molecular complexity index is 253. The van der Waals surface area contributed by atoms with Gasteiger partial charge in [-0.1, -0.05) is 0 Å². The summed E-state index contributed by atoms with van der Waals surface area (Å²) in [5.74, 6) is 0.620. The Labute approximate surface area is 104 Å². The number of amides is 1. The number of piperidine rings is 2. The summed E-state index contributed by atoms with van der Waals surface area (Å²) in [5, 5.41) is 3.33. The zero-order chi connectivity index (χ0) is 12.3. The summed E-state index contributed by atoms with van der Waals surface area (Å²) >= 11 is 0. The van der Waals surface area contributed by atoms with Crippen LogP contribution in [0, 0.1) is 5.92 Å². The highest BCUT2D eigenvalue weighted by atomic mass is 16.2. The number of carbonyl (C=O) groups is 1. The van der Waals surface area contributed by atoms with E-state index in [1.54, 1.807) is 0 Å². The van der Waals surface area contributed by atoms with E-state index in [1.165, 1.54) is 0 Å². The van der Waals surface area contributed by atoms with Crippen molar-refractivity contribution in [2.24, 2.45) is 5.92 Å². The van der Waals surface area contributed by atoms with Gasteiger partial charge in [0.25, 0.3) is 0 Å². The quantitative estimate of drug-likeness (QED) is 0.764. The lowest BCUT2D eigenvalue weighted by Crippen LogP contribution is -2.48. The molecule has 0 radical (unpaired) electrons. The lowest BCUT2D eigenvalue weighted by atomic mass is 9.96. The van der Waals surface area contributed by atoms with E-state index in [2.05, 4.69) is 29.2 Å². The second kappa shape index (κ2) is 5.83. The third kappa shape index (κ3) is 3.19. The van der Waals surface area contributed by atoms with Crippen LogP contribution in [0.1, 0.15) is 25.7 Å². The predicted octanol–water partition coefficient (Wildman–Crippen LogP) is 0.539. The second-order valence-corrected chi connectivity index (χ2v) is 5.56. The minimum absolute atomic E-state index is 0.236. The first-order valence-electron chi connectivity index (χ1n) is 6.84. The van der Waals surface area contributed by atoms with Crippen molar-refractivity contribution < 1.29 is 4.79 Å². The highest BCUT2D eigenvalue weighted by Gasteiger charge is 2.29. The van der Waals surface area contributed by atoms with Gasteiger partial charge in [0.15, 0.2) is 0 Å². The fraction of sp³-hybridized carbons (Fsp3) is 0.923. The Morgan fingerprint density at radius 3 is 2.47 bits per heavy atom. The standard InChI is InChI=1S/C13H25N3O/c1-15(2)12-5-8-16(9-6-12)13(17)11-4-3-7-14-10-11/h11-12,14H,3-10H2,1-2H3. The maximum atomic E-state index is 12.3. The third-order valence-electron chi connectivity index (χ3n) is 4.15. The van der Waals surface area contributed by atoms with Gasteiger partial charge < -0.3 is 15.1 Å². The van der Waals surface area contributed by atoms with Gasteiger partial charge in [0, 0.05) is 25.7 Å². The zero-order valence-electron chi connectivity index (χ0n) is 11.1. The van der Waals surface area contributed by atoms with Gasteiger partial charge in [-0.3, -0.25) is 4.79 Å². The molecule has 2 aliphatic rings. The van der Waals surface area contributed by atoms with Gasteiger partial charge in [-0.2, -0.15) is 0 Å². The van der Waals surface area contributed by atoms with Crippen molar-refractivity contribution in [2.75, 3.05) is 40.3 Å². The molecule has 0 saturated carbocycles. The molecule has 0 bridgehead atoms. The van der Waals surface area contributed by atoms with Gasteiger partial charge in [0.1, 0.15) is 0 Å². The molecule has 0 aromatic heterocycles.